The third kappa shape index (κ3) is 8.20. The molecule has 2 heterocycles. The van der Waals surface area contributed by atoms with Crippen LogP contribution < -0.4 is 9.80 Å². The van der Waals surface area contributed by atoms with E-state index in [2.05, 4.69) is 208 Å². The minimum absolute atomic E-state index is 0.529. The standard InChI is InChI=1S/C65H51N5/c1-7-24-46(9-3)63-66-64(51-30-18-13-19-31-51)68-65(67-63)52-38-36-49(37-39-52)61-59(47-26-14-11-15-27-47)44(5)45(6)60(48-28-16-12-17-29-48)62(61)50-40-42-54(43-41-50)70-57-34-22-20-32-55(57)69(53(10-4)25-8-2)56-33-21-23-35-58(56)70/h7-43H,1-4H2,5-6H3/b46-24+,53-25+. The molecule has 1 aromatic heterocycles. The summed E-state index contributed by atoms with van der Waals surface area (Å²) in [6.45, 7) is 20.7. The highest BCUT2D eigenvalue weighted by molar-refractivity contribution is 6.05. The molecule has 5 nitrogen and oxygen atoms in total. The number of hydrogen-bond acceptors (Lipinski definition) is 5. The second kappa shape index (κ2) is 19.6. The highest BCUT2D eigenvalue weighted by Gasteiger charge is 2.31. The van der Waals surface area contributed by atoms with Gasteiger partial charge in [0, 0.05) is 28.1 Å². The first-order valence-corrected chi connectivity index (χ1v) is 23.4. The number of rotatable bonds is 13. The van der Waals surface area contributed by atoms with E-state index in [0.717, 1.165) is 84.2 Å². The number of nitrogens with zero attached hydrogens (tertiary/aromatic N) is 5. The number of para-hydroxylation sites is 4. The fraction of sp³-hybridized carbons (Fsp3) is 0.0308. The molecule has 10 rings (SSSR count). The summed E-state index contributed by atoms with van der Waals surface area (Å²) in [5.41, 5.74) is 20.4. The SMILES string of the molecule is C=C/C=C(\C=C)c1nc(-c2ccccc2)nc(-c2ccc(-c3c(-c4ccccc4)c(C)c(C)c(-c4ccccc4)c3-c3ccc(N4c5ccccc5N(/C(C=C)=C/C=C)c5ccccc54)cc3)cc2)n1. The van der Waals surface area contributed by atoms with E-state index in [9.17, 15) is 0 Å². The molecular weight excluding hydrogens is 851 g/mol. The Morgan fingerprint density at radius 3 is 1.21 bits per heavy atom. The summed E-state index contributed by atoms with van der Waals surface area (Å²) in [4.78, 5) is 19.5. The molecule has 1 aliphatic heterocycles. The lowest BCUT2D eigenvalue weighted by Gasteiger charge is -2.40. The van der Waals surface area contributed by atoms with E-state index in [1.807, 2.05) is 54.6 Å². The van der Waals surface area contributed by atoms with Gasteiger partial charge in [-0.25, -0.2) is 15.0 Å². The molecule has 0 unspecified atom stereocenters. The lowest BCUT2D eigenvalue weighted by molar-refractivity contribution is 1.04. The number of allylic oxidation sites excluding steroid dienone is 7. The lowest BCUT2D eigenvalue weighted by atomic mass is 9.78. The average Bonchev–Trinajstić information content (AvgIpc) is 3.42. The summed E-state index contributed by atoms with van der Waals surface area (Å²) < 4.78 is 0. The van der Waals surface area contributed by atoms with Gasteiger partial charge in [0.2, 0.25) is 0 Å². The first-order valence-electron chi connectivity index (χ1n) is 23.4. The van der Waals surface area contributed by atoms with Crippen molar-refractivity contribution in [2.45, 2.75) is 13.8 Å². The first-order chi connectivity index (χ1) is 34.4. The average molecular weight is 902 g/mol. The van der Waals surface area contributed by atoms with E-state index in [1.54, 1.807) is 12.2 Å². The zero-order chi connectivity index (χ0) is 48.1. The molecule has 0 saturated carbocycles. The van der Waals surface area contributed by atoms with Crippen LogP contribution in [0, 0.1) is 13.8 Å². The molecule has 0 bridgehead atoms. The second-order valence-electron chi connectivity index (χ2n) is 17.0. The Hall–Kier alpha value is -9.19. The number of fused-ring (bicyclic) bond motifs is 2. The van der Waals surface area contributed by atoms with Gasteiger partial charge in [0.25, 0.3) is 0 Å². The topological polar surface area (TPSA) is 45.2 Å². The number of hydrogen-bond donors (Lipinski definition) is 0. The van der Waals surface area contributed by atoms with E-state index >= 15 is 0 Å². The summed E-state index contributed by atoms with van der Waals surface area (Å²) >= 11 is 0. The smallest absolute Gasteiger partial charge is 0.164 e. The minimum Gasteiger partial charge on any atom is -0.306 e. The van der Waals surface area contributed by atoms with E-state index in [0.29, 0.717) is 17.5 Å². The fourth-order valence-electron chi connectivity index (χ4n) is 9.64. The normalized spacial score (nSPS) is 12.2. The molecule has 70 heavy (non-hydrogen) atoms. The summed E-state index contributed by atoms with van der Waals surface area (Å²) in [6.07, 6.45) is 11.0. The van der Waals surface area contributed by atoms with Crippen LogP contribution >= 0.6 is 0 Å². The lowest BCUT2D eigenvalue weighted by Crippen LogP contribution is -2.26. The molecule has 0 saturated heterocycles. The summed E-state index contributed by atoms with van der Waals surface area (Å²) in [7, 11) is 0. The van der Waals surface area contributed by atoms with Crippen molar-refractivity contribution < 1.29 is 0 Å². The summed E-state index contributed by atoms with van der Waals surface area (Å²) in [5, 5.41) is 0. The van der Waals surface area contributed by atoms with E-state index < -0.39 is 0 Å². The highest BCUT2D eigenvalue weighted by Crippen LogP contribution is 2.54. The third-order valence-electron chi connectivity index (χ3n) is 13.0. The second-order valence-corrected chi connectivity index (χ2v) is 17.0. The van der Waals surface area contributed by atoms with Crippen molar-refractivity contribution in [2.75, 3.05) is 9.80 Å². The van der Waals surface area contributed by atoms with Crippen molar-refractivity contribution in [3.8, 4) is 67.3 Å². The summed E-state index contributed by atoms with van der Waals surface area (Å²) in [6, 6.07) is 66.4. The zero-order valence-corrected chi connectivity index (χ0v) is 39.4. The molecule has 0 amide bonds. The number of anilines is 5. The predicted molar refractivity (Wildman–Crippen MR) is 296 cm³/mol. The van der Waals surface area contributed by atoms with E-state index in [-0.39, 0.29) is 0 Å². The largest absolute Gasteiger partial charge is 0.306 e. The van der Waals surface area contributed by atoms with Gasteiger partial charge in [0.05, 0.1) is 22.7 Å². The fourth-order valence-corrected chi connectivity index (χ4v) is 9.64. The van der Waals surface area contributed by atoms with Crippen LogP contribution in [-0.2, 0) is 0 Å². The molecule has 0 N–H and O–H groups in total. The van der Waals surface area contributed by atoms with Gasteiger partial charge in [-0.15, -0.1) is 0 Å². The molecule has 5 heteroatoms. The molecule has 0 spiro atoms. The maximum Gasteiger partial charge on any atom is 0.164 e. The van der Waals surface area contributed by atoms with Crippen LogP contribution in [0.2, 0.25) is 0 Å². The molecular formula is C65H51N5. The van der Waals surface area contributed by atoms with Gasteiger partial charge in [-0.3, -0.25) is 0 Å². The molecule has 336 valence electrons. The quantitative estimate of drug-likeness (QED) is 0.108. The molecule has 0 fully saturated rings. The Morgan fingerprint density at radius 1 is 0.386 bits per heavy atom. The Kier molecular flexibility index (Phi) is 12.5. The van der Waals surface area contributed by atoms with Crippen LogP contribution in [0.25, 0.3) is 72.9 Å². The summed E-state index contributed by atoms with van der Waals surface area (Å²) in [5.74, 6) is 1.68. The Labute approximate surface area is 411 Å². The van der Waals surface area contributed by atoms with Gasteiger partial charge in [0.15, 0.2) is 17.5 Å². The predicted octanol–water partition coefficient (Wildman–Crippen LogP) is 17.4. The van der Waals surface area contributed by atoms with Crippen molar-refractivity contribution in [3.05, 3.63) is 273 Å². The first kappa shape index (κ1) is 44.6. The molecule has 0 atom stereocenters. The number of aromatic nitrogens is 3. The van der Waals surface area contributed by atoms with Gasteiger partial charge < -0.3 is 9.80 Å². The Bertz CT molecular complexity index is 3450. The molecule has 1 aliphatic rings. The van der Waals surface area contributed by atoms with Gasteiger partial charge in [-0.1, -0.05) is 202 Å². The van der Waals surface area contributed by atoms with E-state index in [1.165, 1.54) is 22.3 Å². The van der Waals surface area contributed by atoms with Gasteiger partial charge in [-0.05, 0) is 118 Å². The van der Waals surface area contributed by atoms with Crippen LogP contribution in [0.1, 0.15) is 17.0 Å². The minimum atomic E-state index is 0.529. The van der Waals surface area contributed by atoms with Crippen molar-refractivity contribution >= 4 is 34.0 Å². The Balaban J connectivity index is 1.18. The molecule has 9 aromatic rings. The third-order valence-corrected chi connectivity index (χ3v) is 13.0. The van der Waals surface area contributed by atoms with Crippen LogP contribution in [-0.4, -0.2) is 15.0 Å². The van der Waals surface area contributed by atoms with Crippen molar-refractivity contribution in [1.29, 1.82) is 0 Å². The highest BCUT2D eigenvalue weighted by atomic mass is 15.3. The Morgan fingerprint density at radius 2 is 0.771 bits per heavy atom. The van der Waals surface area contributed by atoms with Crippen LogP contribution in [0.5, 0.6) is 0 Å². The molecule has 8 aromatic carbocycles. The van der Waals surface area contributed by atoms with Crippen LogP contribution in [0.3, 0.4) is 0 Å². The maximum atomic E-state index is 5.04. The number of benzene rings is 8. The maximum absolute atomic E-state index is 5.04. The van der Waals surface area contributed by atoms with Crippen molar-refractivity contribution in [1.82, 2.24) is 15.0 Å². The molecule has 0 aliphatic carbocycles. The van der Waals surface area contributed by atoms with Crippen LogP contribution in [0.4, 0.5) is 28.4 Å². The van der Waals surface area contributed by atoms with Crippen LogP contribution in [0.15, 0.2) is 257 Å². The van der Waals surface area contributed by atoms with E-state index in [4.69, 9.17) is 15.0 Å². The zero-order valence-electron chi connectivity index (χ0n) is 39.4. The monoisotopic (exact) mass is 901 g/mol. The molecule has 0 radical (unpaired) electrons. The van der Waals surface area contributed by atoms with Gasteiger partial charge in [0.1, 0.15) is 0 Å². The van der Waals surface area contributed by atoms with Crippen molar-refractivity contribution in [3.63, 3.8) is 0 Å². The van der Waals surface area contributed by atoms with Gasteiger partial charge in [-0.2, -0.15) is 0 Å². The van der Waals surface area contributed by atoms with Gasteiger partial charge >= 0.3 is 0 Å². The van der Waals surface area contributed by atoms with Crippen molar-refractivity contribution in [2.24, 2.45) is 0 Å².